The topological polar surface area (TPSA) is 49.9 Å². The molecule has 0 aromatic heterocycles. The van der Waals surface area contributed by atoms with Crippen molar-refractivity contribution in [1.29, 1.82) is 0 Å². The molecule has 0 spiro atoms. The van der Waals surface area contributed by atoms with Crippen LogP contribution < -0.4 is 0 Å². The molecule has 5 nitrogen and oxygen atoms in total. The standard InChI is InChI=1S/C15H22N2O3S/c1-12-5-3-4-6-15(12)21(18,19)17-9-10-20-14-7-8-16(2)11-13(14)17/h3-6,13-14H,7-11H2,1-2H3/t13-,14-/m1/s1. The summed E-state index contributed by atoms with van der Waals surface area (Å²) in [6, 6.07) is 7.11. The number of hydrogen-bond donors (Lipinski definition) is 0. The average molecular weight is 310 g/mol. The van der Waals surface area contributed by atoms with Crippen LogP contribution in [0.5, 0.6) is 0 Å². The van der Waals surface area contributed by atoms with Crippen molar-refractivity contribution < 1.29 is 13.2 Å². The van der Waals surface area contributed by atoms with Crippen molar-refractivity contribution in [2.45, 2.75) is 30.4 Å². The summed E-state index contributed by atoms with van der Waals surface area (Å²) in [6.45, 7) is 4.45. The Hall–Kier alpha value is -0.950. The number of likely N-dealkylation sites (tertiary alicyclic amines) is 1. The lowest BCUT2D eigenvalue weighted by molar-refractivity contribution is -0.0719. The van der Waals surface area contributed by atoms with Gasteiger partial charge < -0.3 is 9.64 Å². The highest BCUT2D eigenvalue weighted by molar-refractivity contribution is 7.89. The van der Waals surface area contributed by atoms with Gasteiger partial charge in [-0.15, -0.1) is 0 Å². The second kappa shape index (κ2) is 5.68. The SMILES string of the molecule is Cc1ccccc1S(=O)(=O)N1CCO[C@@H]2CCN(C)C[C@H]21. The Kier molecular flexibility index (Phi) is 4.05. The Bertz CT molecular complexity index is 617. The first-order valence-electron chi connectivity index (χ1n) is 7.38. The van der Waals surface area contributed by atoms with Crippen LogP contribution in [-0.4, -0.2) is 63.1 Å². The molecule has 1 aromatic rings. The van der Waals surface area contributed by atoms with Gasteiger partial charge in [-0.3, -0.25) is 0 Å². The summed E-state index contributed by atoms with van der Waals surface area (Å²) in [6.07, 6.45) is 0.912. The van der Waals surface area contributed by atoms with Gasteiger partial charge in [0.25, 0.3) is 0 Å². The van der Waals surface area contributed by atoms with E-state index in [0.717, 1.165) is 25.1 Å². The van der Waals surface area contributed by atoms with Gasteiger partial charge in [-0.2, -0.15) is 4.31 Å². The third-order valence-corrected chi connectivity index (χ3v) is 6.50. The molecule has 2 aliphatic rings. The average Bonchev–Trinajstić information content (AvgIpc) is 2.46. The molecule has 0 bridgehead atoms. The lowest BCUT2D eigenvalue weighted by Crippen LogP contribution is -2.60. The molecule has 1 aromatic carbocycles. The first-order valence-corrected chi connectivity index (χ1v) is 8.82. The zero-order valence-electron chi connectivity index (χ0n) is 12.5. The third kappa shape index (κ3) is 2.73. The number of benzene rings is 1. The number of hydrogen-bond acceptors (Lipinski definition) is 4. The lowest BCUT2D eigenvalue weighted by Gasteiger charge is -2.45. The summed E-state index contributed by atoms with van der Waals surface area (Å²) in [5, 5.41) is 0. The van der Waals surface area contributed by atoms with Crippen LogP contribution in [0, 0.1) is 6.92 Å². The molecule has 0 N–H and O–H groups in total. The zero-order chi connectivity index (χ0) is 15.0. The number of rotatable bonds is 2. The van der Waals surface area contributed by atoms with E-state index in [4.69, 9.17) is 4.74 Å². The number of likely N-dealkylation sites (N-methyl/N-ethyl adjacent to an activating group) is 1. The predicted octanol–water partition coefficient (Wildman–Crippen LogP) is 1.09. The van der Waals surface area contributed by atoms with E-state index in [1.807, 2.05) is 26.1 Å². The summed E-state index contributed by atoms with van der Waals surface area (Å²) in [7, 11) is -1.43. The van der Waals surface area contributed by atoms with Crippen molar-refractivity contribution in [2.24, 2.45) is 0 Å². The van der Waals surface area contributed by atoms with E-state index in [0.29, 0.717) is 18.0 Å². The molecule has 2 saturated heterocycles. The zero-order valence-corrected chi connectivity index (χ0v) is 13.3. The third-order valence-electron chi connectivity index (χ3n) is 4.42. The van der Waals surface area contributed by atoms with Gasteiger partial charge >= 0.3 is 0 Å². The minimum absolute atomic E-state index is 0.0220. The van der Waals surface area contributed by atoms with Gasteiger partial charge in [-0.05, 0) is 32.0 Å². The van der Waals surface area contributed by atoms with E-state index in [1.165, 1.54) is 0 Å². The molecule has 6 heteroatoms. The molecule has 116 valence electrons. The van der Waals surface area contributed by atoms with E-state index < -0.39 is 10.0 Å². The molecular weight excluding hydrogens is 288 g/mol. The molecule has 0 aliphatic carbocycles. The smallest absolute Gasteiger partial charge is 0.243 e. The van der Waals surface area contributed by atoms with Crippen molar-refractivity contribution in [3.05, 3.63) is 29.8 Å². The molecule has 21 heavy (non-hydrogen) atoms. The fourth-order valence-electron chi connectivity index (χ4n) is 3.27. The van der Waals surface area contributed by atoms with Gasteiger partial charge in [-0.25, -0.2) is 8.42 Å². The highest BCUT2D eigenvalue weighted by atomic mass is 32.2. The second-order valence-corrected chi connectivity index (χ2v) is 7.77. The summed E-state index contributed by atoms with van der Waals surface area (Å²) in [5.74, 6) is 0. The first kappa shape index (κ1) is 15.0. The first-order chi connectivity index (χ1) is 10.00. The summed E-state index contributed by atoms with van der Waals surface area (Å²) in [4.78, 5) is 2.59. The van der Waals surface area contributed by atoms with Gasteiger partial charge in [-0.1, -0.05) is 18.2 Å². The van der Waals surface area contributed by atoms with Gasteiger partial charge in [0.2, 0.25) is 10.0 Å². The molecule has 2 fully saturated rings. The maximum Gasteiger partial charge on any atom is 0.243 e. The number of fused-ring (bicyclic) bond motifs is 1. The van der Waals surface area contributed by atoms with Crippen LogP contribution in [0.1, 0.15) is 12.0 Å². The molecule has 2 aliphatic heterocycles. The number of nitrogens with zero attached hydrogens (tertiary/aromatic N) is 2. The minimum atomic E-state index is -3.46. The van der Waals surface area contributed by atoms with E-state index in [-0.39, 0.29) is 12.1 Å². The Morgan fingerprint density at radius 3 is 2.76 bits per heavy atom. The van der Waals surface area contributed by atoms with Crippen molar-refractivity contribution in [3.63, 3.8) is 0 Å². The number of piperidine rings is 1. The largest absolute Gasteiger partial charge is 0.375 e. The van der Waals surface area contributed by atoms with E-state index in [1.54, 1.807) is 16.4 Å². The van der Waals surface area contributed by atoms with Crippen molar-refractivity contribution in [3.8, 4) is 0 Å². The van der Waals surface area contributed by atoms with Crippen LogP contribution in [0.15, 0.2) is 29.2 Å². The van der Waals surface area contributed by atoms with Crippen LogP contribution in [0.25, 0.3) is 0 Å². The quantitative estimate of drug-likeness (QED) is 0.820. The minimum Gasteiger partial charge on any atom is -0.375 e. The maximum atomic E-state index is 13.0. The fraction of sp³-hybridized carbons (Fsp3) is 0.600. The van der Waals surface area contributed by atoms with Crippen LogP contribution in [0.3, 0.4) is 0 Å². The van der Waals surface area contributed by atoms with Gasteiger partial charge in [0.1, 0.15) is 0 Å². The molecule has 2 heterocycles. The Morgan fingerprint density at radius 2 is 2.00 bits per heavy atom. The highest BCUT2D eigenvalue weighted by Gasteiger charge is 2.42. The molecule has 0 unspecified atom stereocenters. The van der Waals surface area contributed by atoms with Crippen molar-refractivity contribution in [2.75, 3.05) is 33.3 Å². The Labute approximate surface area is 126 Å². The highest BCUT2D eigenvalue weighted by Crippen LogP contribution is 2.29. The fourth-order valence-corrected chi connectivity index (χ4v) is 5.12. The number of aryl methyl sites for hydroxylation is 1. The van der Waals surface area contributed by atoms with E-state index in [2.05, 4.69) is 4.90 Å². The van der Waals surface area contributed by atoms with E-state index in [9.17, 15) is 8.42 Å². The predicted molar refractivity (Wildman–Crippen MR) is 80.7 cm³/mol. The van der Waals surface area contributed by atoms with Gasteiger partial charge in [0, 0.05) is 19.6 Å². The maximum absolute atomic E-state index is 13.0. The molecule has 3 rings (SSSR count). The molecule has 0 radical (unpaired) electrons. The van der Waals surface area contributed by atoms with Crippen molar-refractivity contribution >= 4 is 10.0 Å². The molecule has 0 saturated carbocycles. The summed E-state index contributed by atoms with van der Waals surface area (Å²) >= 11 is 0. The van der Waals surface area contributed by atoms with Crippen molar-refractivity contribution in [1.82, 2.24) is 9.21 Å². The van der Waals surface area contributed by atoms with Crippen LogP contribution in [0.4, 0.5) is 0 Å². The second-order valence-electron chi connectivity index (χ2n) is 5.91. The molecular formula is C15H22N2O3S. The van der Waals surface area contributed by atoms with Gasteiger partial charge in [0.05, 0.1) is 23.6 Å². The number of ether oxygens (including phenoxy) is 1. The van der Waals surface area contributed by atoms with Crippen LogP contribution in [-0.2, 0) is 14.8 Å². The Morgan fingerprint density at radius 1 is 1.24 bits per heavy atom. The van der Waals surface area contributed by atoms with Gasteiger partial charge in [0.15, 0.2) is 0 Å². The summed E-state index contributed by atoms with van der Waals surface area (Å²) in [5.41, 5.74) is 0.796. The lowest BCUT2D eigenvalue weighted by atomic mass is 10.0. The monoisotopic (exact) mass is 310 g/mol. The number of morpholine rings is 1. The molecule has 0 amide bonds. The summed E-state index contributed by atoms with van der Waals surface area (Å²) < 4.78 is 33.5. The van der Waals surface area contributed by atoms with E-state index >= 15 is 0 Å². The normalized spacial score (nSPS) is 28.3. The molecule has 2 atom stereocenters. The number of sulfonamides is 1. The van der Waals surface area contributed by atoms with Crippen LogP contribution >= 0.6 is 0 Å². The Balaban J connectivity index is 1.96. The van der Waals surface area contributed by atoms with Crippen LogP contribution in [0.2, 0.25) is 0 Å².